The Labute approximate surface area is 83.4 Å². The standard InChI is InChI=1S/C8H10BrNO3/c9-4-7(12)8(13)6-3-5(11)1-2-10-6/h1-3,7-8,12-13H,4H2,(H,10,11). The van der Waals surface area contributed by atoms with Crippen LogP contribution in [0.3, 0.4) is 0 Å². The van der Waals surface area contributed by atoms with E-state index >= 15 is 0 Å². The molecule has 5 heteroatoms. The van der Waals surface area contributed by atoms with Crippen LogP contribution >= 0.6 is 15.9 Å². The number of hydrogen-bond acceptors (Lipinski definition) is 3. The first-order chi connectivity index (χ1) is 6.15. The van der Waals surface area contributed by atoms with Gasteiger partial charge in [0.15, 0.2) is 5.43 Å². The van der Waals surface area contributed by atoms with Gasteiger partial charge < -0.3 is 15.2 Å². The summed E-state index contributed by atoms with van der Waals surface area (Å²) < 4.78 is 0. The second-order valence-electron chi connectivity index (χ2n) is 2.65. The molecule has 1 rings (SSSR count). The molecular formula is C8H10BrNO3. The summed E-state index contributed by atoms with van der Waals surface area (Å²) in [5.74, 6) is 0. The van der Waals surface area contributed by atoms with Crippen LogP contribution < -0.4 is 5.43 Å². The molecule has 0 aliphatic rings. The number of aromatic nitrogens is 1. The second-order valence-corrected chi connectivity index (χ2v) is 3.29. The van der Waals surface area contributed by atoms with Crippen LogP contribution in [-0.4, -0.2) is 26.6 Å². The highest BCUT2D eigenvalue weighted by Crippen LogP contribution is 2.13. The Morgan fingerprint density at radius 3 is 2.77 bits per heavy atom. The van der Waals surface area contributed by atoms with Crippen molar-refractivity contribution in [2.45, 2.75) is 12.2 Å². The lowest BCUT2D eigenvalue weighted by Gasteiger charge is -2.14. The van der Waals surface area contributed by atoms with Crippen molar-refractivity contribution in [2.24, 2.45) is 0 Å². The molecule has 72 valence electrons. The van der Waals surface area contributed by atoms with Crippen LogP contribution in [0.2, 0.25) is 0 Å². The maximum Gasteiger partial charge on any atom is 0.181 e. The van der Waals surface area contributed by atoms with E-state index in [1.165, 1.54) is 18.3 Å². The van der Waals surface area contributed by atoms with Crippen LogP contribution in [0.4, 0.5) is 0 Å². The van der Waals surface area contributed by atoms with Crippen molar-refractivity contribution in [3.63, 3.8) is 0 Å². The Hall–Kier alpha value is -0.650. The van der Waals surface area contributed by atoms with E-state index in [4.69, 9.17) is 0 Å². The van der Waals surface area contributed by atoms with Crippen molar-refractivity contribution in [1.82, 2.24) is 4.98 Å². The third kappa shape index (κ3) is 2.65. The molecule has 1 aromatic rings. The summed E-state index contributed by atoms with van der Waals surface area (Å²) >= 11 is 3.03. The number of H-pyrrole nitrogens is 1. The van der Waals surface area contributed by atoms with Crippen LogP contribution in [0.5, 0.6) is 0 Å². The van der Waals surface area contributed by atoms with E-state index in [9.17, 15) is 15.0 Å². The minimum absolute atomic E-state index is 0.199. The zero-order valence-corrected chi connectivity index (χ0v) is 8.36. The monoisotopic (exact) mass is 247 g/mol. The highest BCUT2D eigenvalue weighted by atomic mass is 79.9. The largest absolute Gasteiger partial charge is 0.389 e. The van der Waals surface area contributed by atoms with Gasteiger partial charge in [0.2, 0.25) is 0 Å². The van der Waals surface area contributed by atoms with Crippen molar-refractivity contribution in [1.29, 1.82) is 0 Å². The minimum atomic E-state index is -1.06. The highest BCUT2D eigenvalue weighted by Gasteiger charge is 2.17. The molecule has 0 aliphatic heterocycles. The lowest BCUT2D eigenvalue weighted by molar-refractivity contribution is 0.0315. The molecule has 4 nitrogen and oxygen atoms in total. The van der Waals surface area contributed by atoms with Crippen LogP contribution in [0.15, 0.2) is 23.1 Å². The van der Waals surface area contributed by atoms with Crippen molar-refractivity contribution in [3.05, 3.63) is 34.2 Å². The summed E-state index contributed by atoms with van der Waals surface area (Å²) in [6, 6.07) is 2.60. The predicted molar refractivity (Wildman–Crippen MR) is 51.8 cm³/mol. The van der Waals surface area contributed by atoms with Gasteiger partial charge in [-0.3, -0.25) is 4.79 Å². The summed E-state index contributed by atoms with van der Waals surface area (Å²) in [5.41, 5.74) is 0.119. The summed E-state index contributed by atoms with van der Waals surface area (Å²) in [6.07, 6.45) is -0.548. The van der Waals surface area contributed by atoms with Gasteiger partial charge in [0.25, 0.3) is 0 Å². The fourth-order valence-corrected chi connectivity index (χ4v) is 1.28. The van der Waals surface area contributed by atoms with Gasteiger partial charge in [-0.05, 0) is 0 Å². The SMILES string of the molecule is O=c1cc[nH]c(C(O)C(O)CBr)c1. The topological polar surface area (TPSA) is 73.3 Å². The van der Waals surface area contributed by atoms with Crippen molar-refractivity contribution in [3.8, 4) is 0 Å². The summed E-state index contributed by atoms with van der Waals surface area (Å²) in [4.78, 5) is 13.6. The molecule has 0 aromatic carbocycles. The molecule has 0 bridgehead atoms. The third-order valence-electron chi connectivity index (χ3n) is 1.64. The molecule has 1 heterocycles. The Morgan fingerprint density at radius 1 is 1.54 bits per heavy atom. The van der Waals surface area contributed by atoms with Crippen LogP contribution in [-0.2, 0) is 0 Å². The van der Waals surface area contributed by atoms with Gasteiger partial charge in [0, 0.05) is 23.7 Å². The van der Waals surface area contributed by atoms with E-state index in [1.807, 2.05) is 0 Å². The maximum absolute atomic E-state index is 10.9. The number of hydrogen-bond donors (Lipinski definition) is 3. The first-order valence-corrected chi connectivity index (χ1v) is 4.88. The van der Waals surface area contributed by atoms with Crippen molar-refractivity contribution < 1.29 is 10.2 Å². The number of halogens is 1. The van der Waals surface area contributed by atoms with Crippen LogP contribution in [0.1, 0.15) is 11.8 Å². The Bertz CT molecular complexity index is 325. The van der Waals surface area contributed by atoms with Crippen LogP contribution in [0, 0.1) is 0 Å². The first kappa shape index (κ1) is 10.4. The summed E-state index contributed by atoms with van der Waals surface area (Å²) in [5, 5.41) is 19.0. The van der Waals surface area contributed by atoms with E-state index < -0.39 is 12.2 Å². The molecular weight excluding hydrogens is 238 g/mol. The van der Waals surface area contributed by atoms with Gasteiger partial charge >= 0.3 is 0 Å². The summed E-state index contributed by atoms with van der Waals surface area (Å²) in [6.45, 7) is 0. The van der Waals surface area contributed by atoms with Crippen molar-refractivity contribution >= 4 is 15.9 Å². The van der Waals surface area contributed by atoms with E-state index in [0.29, 0.717) is 5.69 Å². The molecule has 3 N–H and O–H groups in total. The molecule has 0 spiro atoms. The van der Waals surface area contributed by atoms with Crippen molar-refractivity contribution in [2.75, 3.05) is 5.33 Å². The Kier molecular flexibility index (Phi) is 3.65. The molecule has 0 fully saturated rings. The first-order valence-electron chi connectivity index (χ1n) is 3.76. The fourth-order valence-electron chi connectivity index (χ4n) is 0.925. The van der Waals surface area contributed by atoms with E-state index in [1.54, 1.807) is 0 Å². The quantitative estimate of drug-likeness (QED) is 0.667. The number of pyridine rings is 1. The number of aromatic amines is 1. The highest BCUT2D eigenvalue weighted by molar-refractivity contribution is 9.09. The van der Waals surface area contributed by atoms with E-state index in [-0.39, 0.29) is 10.8 Å². The lowest BCUT2D eigenvalue weighted by Crippen LogP contribution is -2.21. The average molecular weight is 248 g/mol. The number of aliphatic hydroxyl groups is 2. The maximum atomic E-state index is 10.9. The van der Waals surface area contributed by atoms with E-state index in [0.717, 1.165) is 0 Å². The number of nitrogens with one attached hydrogen (secondary N) is 1. The number of alkyl halides is 1. The van der Waals surface area contributed by atoms with Gasteiger partial charge in [-0.15, -0.1) is 0 Å². The zero-order valence-electron chi connectivity index (χ0n) is 6.77. The molecule has 1 aromatic heterocycles. The Balaban J connectivity index is 2.88. The molecule has 0 aliphatic carbocycles. The van der Waals surface area contributed by atoms with Gasteiger partial charge in [-0.2, -0.15) is 0 Å². The minimum Gasteiger partial charge on any atom is -0.389 e. The van der Waals surface area contributed by atoms with E-state index in [2.05, 4.69) is 20.9 Å². The smallest absolute Gasteiger partial charge is 0.181 e. The summed E-state index contributed by atoms with van der Waals surface area (Å²) in [7, 11) is 0. The number of aliphatic hydroxyl groups excluding tert-OH is 2. The molecule has 2 atom stereocenters. The fraction of sp³-hybridized carbons (Fsp3) is 0.375. The molecule has 0 saturated carbocycles. The van der Waals surface area contributed by atoms with Gasteiger partial charge in [-0.1, -0.05) is 15.9 Å². The average Bonchev–Trinajstić information content (AvgIpc) is 2.15. The Morgan fingerprint density at radius 2 is 2.23 bits per heavy atom. The molecule has 0 radical (unpaired) electrons. The van der Waals surface area contributed by atoms with Gasteiger partial charge in [0.1, 0.15) is 6.10 Å². The molecule has 2 unspecified atom stereocenters. The third-order valence-corrected chi connectivity index (χ3v) is 2.30. The van der Waals surface area contributed by atoms with Gasteiger partial charge in [0.05, 0.1) is 11.8 Å². The molecule has 13 heavy (non-hydrogen) atoms. The van der Waals surface area contributed by atoms with Gasteiger partial charge in [-0.25, -0.2) is 0 Å². The zero-order chi connectivity index (χ0) is 9.84. The number of rotatable bonds is 3. The second kappa shape index (κ2) is 4.55. The molecule has 0 saturated heterocycles. The lowest BCUT2D eigenvalue weighted by atomic mass is 10.1. The predicted octanol–water partition coefficient (Wildman–Crippen LogP) is 0.164. The van der Waals surface area contributed by atoms with Crippen LogP contribution in [0.25, 0.3) is 0 Å². The normalized spacial score (nSPS) is 15.3. The molecule has 0 amide bonds.